The van der Waals surface area contributed by atoms with Gasteiger partial charge >= 0.3 is 0 Å². The number of nitrogens with zero attached hydrogens (tertiary/aromatic N) is 2. The predicted molar refractivity (Wildman–Crippen MR) is 106 cm³/mol. The van der Waals surface area contributed by atoms with E-state index in [1.54, 1.807) is 6.07 Å². The lowest BCUT2D eigenvalue weighted by molar-refractivity contribution is 0.0746. The van der Waals surface area contributed by atoms with Crippen molar-refractivity contribution in [1.82, 2.24) is 4.90 Å². The summed E-state index contributed by atoms with van der Waals surface area (Å²) in [5.74, 6) is 1.41. The molecule has 1 fully saturated rings. The maximum absolute atomic E-state index is 12.9. The maximum atomic E-state index is 12.9. The lowest BCUT2D eigenvalue weighted by Gasteiger charge is -2.38. The van der Waals surface area contributed by atoms with E-state index < -0.39 is 0 Å². The normalized spacial score (nSPS) is 16.6. The first-order chi connectivity index (χ1) is 12.9. The topological polar surface area (TPSA) is 42.0 Å². The number of amides is 1. The molecule has 0 N–H and O–H groups in total. The number of para-hydroxylation sites is 1. The molecule has 5 heteroatoms. The molecular formula is C22H26N2O3. The molecule has 2 heterocycles. The van der Waals surface area contributed by atoms with Crippen molar-refractivity contribution in [2.45, 2.75) is 26.2 Å². The molecule has 2 aromatic carbocycles. The largest absolute Gasteiger partial charge is 0.454 e. The Morgan fingerprint density at radius 3 is 2.37 bits per heavy atom. The van der Waals surface area contributed by atoms with Crippen LogP contribution in [0.2, 0.25) is 0 Å². The van der Waals surface area contributed by atoms with Crippen LogP contribution in [0.1, 0.15) is 36.7 Å². The van der Waals surface area contributed by atoms with Gasteiger partial charge in [0, 0.05) is 37.4 Å². The standard InChI is InChI=1S/C22H26N2O3/c1-22(2,3)17-6-4-5-7-18(17)23-10-12-24(13-11-23)21(25)16-8-9-19-20(14-16)27-15-26-19/h4-9,14H,10-13,15H2,1-3H3. The Morgan fingerprint density at radius 2 is 1.63 bits per heavy atom. The van der Waals surface area contributed by atoms with E-state index in [1.807, 2.05) is 17.0 Å². The lowest BCUT2D eigenvalue weighted by Crippen LogP contribution is -2.49. The van der Waals surface area contributed by atoms with Crippen LogP contribution >= 0.6 is 0 Å². The quantitative estimate of drug-likeness (QED) is 0.813. The number of hydrogen-bond acceptors (Lipinski definition) is 4. The first-order valence-electron chi connectivity index (χ1n) is 9.47. The van der Waals surface area contributed by atoms with Crippen molar-refractivity contribution in [2.75, 3.05) is 37.9 Å². The molecule has 0 atom stereocenters. The van der Waals surface area contributed by atoms with E-state index >= 15 is 0 Å². The Hall–Kier alpha value is -2.69. The van der Waals surface area contributed by atoms with Gasteiger partial charge in [0.2, 0.25) is 6.79 Å². The molecule has 4 rings (SSSR count). The van der Waals surface area contributed by atoms with E-state index in [0.29, 0.717) is 30.2 Å². The van der Waals surface area contributed by atoms with Gasteiger partial charge in [-0.1, -0.05) is 39.0 Å². The van der Waals surface area contributed by atoms with Crippen LogP contribution in [0, 0.1) is 0 Å². The predicted octanol–water partition coefficient (Wildman–Crippen LogP) is 3.68. The monoisotopic (exact) mass is 366 g/mol. The molecule has 142 valence electrons. The van der Waals surface area contributed by atoms with Crippen LogP contribution in [0.5, 0.6) is 11.5 Å². The summed E-state index contributed by atoms with van der Waals surface area (Å²) in [5, 5.41) is 0. The van der Waals surface area contributed by atoms with Gasteiger partial charge < -0.3 is 19.3 Å². The van der Waals surface area contributed by atoms with Crippen LogP contribution in [-0.2, 0) is 5.41 Å². The highest BCUT2D eigenvalue weighted by Crippen LogP contribution is 2.34. The second kappa shape index (κ2) is 6.80. The van der Waals surface area contributed by atoms with E-state index in [-0.39, 0.29) is 18.1 Å². The van der Waals surface area contributed by atoms with Gasteiger partial charge in [-0.3, -0.25) is 4.79 Å². The summed E-state index contributed by atoms with van der Waals surface area (Å²) < 4.78 is 10.7. The first-order valence-corrected chi connectivity index (χ1v) is 9.47. The zero-order chi connectivity index (χ0) is 19.0. The molecule has 0 radical (unpaired) electrons. The summed E-state index contributed by atoms with van der Waals surface area (Å²) in [4.78, 5) is 17.2. The molecule has 0 bridgehead atoms. The number of fused-ring (bicyclic) bond motifs is 1. The zero-order valence-corrected chi connectivity index (χ0v) is 16.2. The molecule has 2 aliphatic rings. The molecule has 5 nitrogen and oxygen atoms in total. The molecular weight excluding hydrogens is 340 g/mol. The Labute approximate surface area is 160 Å². The second-order valence-corrected chi connectivity index (χ2v) is 8.11. The minimum absolute atomic E-state index is 0.0528. The van der Waals surface area contributed by atoms with Crippen LogP contribution in [0.15, 0.2) is 42.5 Å². The Bertz CT molecular complexity index is 849. The molecule has 2 aromatic rings. The van der Waals surface area contributed by atoms with Gasteiger partial charge in [-0.05, 0) is 35.2 Å². The van der Waals surface area contributed by atoms with E-state index in [2.05, 4.69) is 49.9 Å². The minimum atomic E-state index is 0.0528. The average Bonchev–Trinajstić information content (AvgIpc) is 3.15. The van der Waals surface area contributed by atoms with Gasteiger partial charge in [0.15, 0.2) is 11.5 Å². The number of anilines is 1. The molecule has 27 heavy (non-hydrogen) atoms. The summed E-state index contributed by atoms with van der Waals surface area (Å²) >= 11 is 0. The van der Waals surface area contributed by atoms with Gasteiger partial charge in [-0.25, -0.2) is 0 Å². The highest BCUT2D eigenvalue weighted by atomic mass is 16.7. The molecule has 2 aliphatic heterocycles. The van der Waals surface area contributed by atoms with Crippen molar-refractivity contribution in [3.8, 4) is 11.5 Å². The third-order valence-corrected chi connectivity index (χ3v) is 5.24. The number of rotatable bonds is 2. The van der Waals surface area contributed by atoms with Crippen molar-refractivity contribution in [1.29, 1.82) is 0 Å². The van der Waals surface area contributed by atoms with E-state index in [4.69, 9.17) is 9.47 Å². The fraction of sp³-hybridized carbons (Fsp3) is 0.409. The third kappa shape index (κ3) is 3.46. The molecule has 0 aromatic heterocycles. The SMILES string of the molecule is CC(C)(C)c1ccccc1N1CCN(C(=O)c2ccc3c(c2)OCO3)CC1. The van der Waals surface area contributed by atoms with Gasteiger partial charge in [0.1, 0.15) is 0 Å². The second-order valence-electron chi connectivity index (χ2n) is 8.11. The number of ether oxygens (including phenoxy) is 2. The summed E-state index contributed by atoms with van der Waals surface area (Å²) in [7, 11) is 0. The number of benzene rings is 2. The molecule has 1 amide bonds. The highest BCUT2D eigenvalue weighted by molar-refractivity contribution is 5.95. The number of carbonyl (C=O) groups excluding carboxylic acids is 1. The maximum Gasteiger partial charge on any atom is 0.254 e. The fourth-order valence-electron chi connectivity index (χ4n) is 3.75. The summed E-state index contributed by atoms with van der Waals surface area (Å²) in [6.45, 7) is 10.0. The minimum Gasteiger partial charge on any atom is -0.454 e. The Balaban J connectivity index is 1.46. The number of piperazine rings is 1. The molecule has 0 spiro atoms. The smallest absolute Gasteiger partial charge is 0.254 e. The van der Waals surface area contributed by atoms with Gasteiger partial charge in [-0.15, -0.1) is 0 Å². The number of hydrogen-bond donors (Lipinski definition) is 0. The third-order valence-electron chi connectivity index (χ3n) is 5.24. The summed E-state index contributed by atoms with van der Waals surface area (Å²) in [6, 6.07) is 14.0. The first kappa shape index (κ1) is 17.7. The van der Waals surface area contributed by atoms with E-state index in [9.17, 15) is 4.79 Å². The van der Waals surface area contributed by atoms with Crippen molar-refractivity contribution < 1.29 is 14.3 Å². The van der Waals surface area contributed by atoms with Crippen LogP contribution in [-0.4, -0.2) is 43.8 Å². The van der Waals surface area contributed by atoms with Crippen LogP contribution in [0.3, 0.4) is 0 Å². The molecule has 0 aliphatic carbocycles. The fourth-order valence-corrected chi connectivity index (χ4v) is 3.75. The van der Waals surface area contributed by atoms with Crippen LogP contribution in [0.25, 0.3) is 0 Å². The Morgan fingerprint density at radius 1 is 0.926 bits per heavy atom. The molecule has 0 saturated carbocycles. The molecule has 0 unspecified atom stereocenters. The zero-order valence-electron chi connectivity index (χ0n) is 16.2. The van der Waals surface area contributed by atoms with Crippen molar-refractivity contribution >= 4 is 11.6 Å². The summed E-state index contributed by atoms with van der Waals surface area (Å²) in [5.41, 5.74) is 3.37. The van der Waals surface area contributed by atoms with Crippen LogP contribution < -0.4 is 14.4 Å². The van der Waals surface area contributed by atoms with Crippen molar-refractivity contribution in [3.05, 3.63) is 53.6 Å². The number of carbonyl (C=O) groups is 1. The van der Waals surface area contributed by atoms with Gasteiger partial charge in [0.05, 0.1) is 0 Å². The molecule has 1 saturated heterocycles. The van der Waals surface area contributed by atoms with Gasteiger partial charge in [0.25, 0.3) is 5.91 Å². The lowest BCUT2D eigenvalue weighted by atomic mass is 9.85. The van der Waals surface area contributed by atoms with Crippen LogP contribution in [0.4, 0.5) is 5.69 Å². The van der Waals surface area contributed by atoms with E-state index in [0.717, 1.165) is 13.1 Å². The van der Waals surface area contributed by atoms with Gasteiger partial charge in [-0.2, -0.15) is 0 Å². The average molecular weight is 366 g/mol. The summed E-state index contributed by atoms with van der Waals surface area (Å²) in [6.07, 6.45) is 0. The highest BCUT2D eigenvalue weighted by Gasteiger charge is 2.27. The Kier molecular flexibility index (Phi) is 4.46. The van der Waals surface area contributed by atoms with Crippen molar-refractivity contribution in [2.24, 2.45) is 0 Å². The van der Waals surface area contributed by atoms with E-state index in [1.165, 1.54) is 11.3 Å². The van der Waals surface area contributed by atoms with Crippen molar-refractivity contribution in [3.63, 3.8) is 0 Å².